The first-order valence-electron chi connectivity index (χ1n) is 6.67. The van der Waals surface area contributed by atoms with Gasteiger partial charge in [0, 0.05) is 11.8 Å². The number of aliphatic hydroxyl groups is 1. The molecule has 0 bridgehead atoms. The normalized spacial score (nSPS) is 41.5. The molecule has 0 aliphatic heterocycles. The summed E-state index contributed by atoms with van der Waals surface area (Å²) in [5.41, 5.74) is 0.871. The second-order valence-corrected chi connectivity index (χ2v) is 6.79. The predicted octanol–water partition coefficient (Wildman–Crippen LogP) is 3.10. The third kappa shape index (κ3) is 1.97. The van der Waals surface area contributed by atoms with Crippen LogP contribution in [0.15, 0.2) is 11.6 Å². The largest absolute Gasteiger partial charge is 0.388 e. The summed E-state index contributed by atoms with van der Waals surface area (Å²) < 4.78 is 0. The Morgan fingerprint density at radius 3 is 2.59 bits per heavy atom. The molecule has 2 nitrogen and oxygen atoms in total. The highest BCUT2D eigenvalue weighted by molar-refractivity contribution is 5.86. The molecule has 0 aromatic heterocycles. The molecule has 0 saturated heterocycles. The van der Waals surface area contributed by atoms with E-state index in [1.54, 1.807) is 0 Å². The molecule has 96 valence electrons. The summed E-state index contributed by atoms with van der Waals surface area (Å²) in [6.45, 7) is 8.56. The molecule has 0 radical (unpaired) electrons. The van der Waals surface area contributed by atoms with Crippen LogP contribution in [0, 0.1) is 16.7 Å². The van der Waals surface area contributed by atoms with Crippen molar-refractivity contribution >= 4 is 5.78 Å². The summed E-state index contributed by atoms with van der Waals surface area (Å²) in [5, 5.41) is 9.97. The van der Waals surface area contributed by atoms with E-state index in [4.69, 9.17) is 0 Å². The van der Waals surface area contributed by atoms with Gasteiger partial charge in [0.25, 0.3) is 0 Å². The number of fused-ring (bicyclic) bond motifs is 1. The molecule has 0 spiro atoms. The third-order valence-corrected chi connectivity index (χ3v) is 5.02. The number of allylic oxidation sites excluding steroid dienone is 1. The fraction of sp³-hybridized carbons (Fsp3) is 0.800. The first kappa shape index (κ1) is 12.8. The fourth-order valence-corrected chi connectivity index (χ4v) is 3.75. The van der Waals surface area contributed by atoms with Gasteiger partial charge in [-0.1, -0.05) is 33.3 Å². The van der Waals surface area contributed by atoms with Crippen molar-refractivity contribution in [2.75, 3.05) is 0 Å². The Labute approximate surface area is 104 Å². The Bertz CT molecular complexity index is 367. The summed E-state index contributed by atoms with van der Waals surface area (Å²) in [4.78, 5) is 12.4. The highest BCUT2D eigenvalue weighted by atomic mass is 16.3. The molecule has 2 rings (SSSR count). The van der Waals surface area contributed by atoms with Gasteiger partial charge in [0.15, 0.2) is 0 Å². The molecule has 3 atom stereocenters. The Hall–Kier alpha value is -0.630. The SMILES string of the molecule is CC1=C[C@@H]2C(C)(C)CCC[C@@]2(C)C(=O)C[C@H]1O. The van der Waals surface area contributed by atoms with Crippen LogP contribution in [0.3, 0.4) is 0 Å². The van der Waals surface area contributed by atoms with E-state index < -0.39 is 6.10 Å². The first-order valence-corrected chi connectivity index (χ1v) is 6.67. The van der Waals surface area contributed by atoms with Crippen molar-refractivity contribution in [1.82, 2.24) is 0 Å². The van der Waals surface area contributed by atoms with Crippen LogP contribution in [0.1, 0.15) is 53.4 Å². The Balaban J connectivity index is 2.49. The number of rotatable bonds is 0. The minimum Gasteiger partial charge on any atom is -0.388 e. The number of carbonyl (C=O) groups is 1. The quantitative estimate of drug-likeness (QED) is 0.656. The highest BCUT2D eigenvalue weighted by Crippen LogP contribution is 2.54. The number of carbonyl (C=O) groups excluding carboxylic acids is 1. The zero-order valence-corrected chi connectivity index (χ0v) is 11.4. The Kier molecular flexibility index (Phi) is 2.97. The number of hydrogen-bond acceptors (Lipinski definition) is 2. The lowest BCUT2D eigenvalue weighted by atomic mass is 9.55. The second kappa shape index (κ2) is 3.94. The summed E-state index contributed by atoms with van der Waals surface area (Å²) in [7, 11) is 0. The van der Waals surface area contributed by atoms with Gasteiger partial charge in [-0.25, -0.2) is 0 Å². The standard InChI is InChI=1S/C15H24O2/c1-10-8-12-14(2,3)6-5-7-15(12,4)13(17)9-11(10)16/h8,11-12,16H,5-7,9H2,1-4H3/t11-,12-,15-/m1/s1. The zero-order chi connectivity index (χ0) is 12.8. The smallest absolute Gasteiger partial charge is 0.142 e. The van der Waals surface area contributed by atoms with E-state index in [0.717, 1.165) is 18.4 Å². The molecule has 0 unspecified atom stereocenters. The van der Waals surface area contributed by atoms with E-state index in [-0.39, 0.29) is 22.5 Å². The van der Waals surface area contributed by atoms with Gasteiger partial charge >= 0.3 is 0 Å². The van der Waals surface area contributed by atoms with Crippen molar-refractivity contribution in [2.45, 2.75) is 59.5 Å². The first-order chi connectivity index (χ1) is 7.77. The van der Waals surface area contributed by atoms with Crippen LogP contribution in [0.25, 0.3) is 0 Å². The molecule has 1 saturated carbocycles. The number of ketones is 1. The van der Waals surface area contributed by atoms with Crippen molar-refractivity contribution in [3.05, 3.63) is 11.6 Å². The van der Waals surface area contributed by atoms with E-state index in [1.165, 1.54) is 6.42 Å². The second-order valence-electron chi connectivity index (χ2n) is 6.79. The summed E-state index contributed by atoms with van der Waals surface area (Å²) in [6.07, 6.45) is 5.16. The van der Waals surface area contributed by atoms with Crippen LogP contribution < -0.4 is 0 Å². The van der Waals surface area contributed by atoms with Crippen molar-refractivity contribution < 1.29 is 9.90 Å². The number of Topliss-reactive ketones (excluding diaryl/α,β-unsaturated/α-hetero) is 1. The highest BCUT2D eigenvalue weighted by Gasteiger charge is 2.50. The van der Waals surface area contributed by atoms with E-state index in [2.05, 4.69) is 26.8 Å². The topological polar surface area (TPSA) is 37.3 Å². The predicted molar refractivity (Wildman–Crippen MR) is 68.6 cm³/mol. The zero-order valence-electron chi connectivity index (χ0n) is 11.4. The van der Waals surface area contributed by atoms with Gasteiger partial charge in [0.05, 0.1) is 6.10 Å². The van der Waals surface area contributed by atoms with Crippen LogP contribution in [-0.2, 0) is 4.79 Å². The lowest BCUT2D eigenvalue weighted by Crippen LogP contribution is -2.45. The van der Waals surface area contributed by atoms with Gasteiger partial charge in [-0.2, -0.15) is 0 Å². The molecule has 2 aliphatic carbocycles. The molecule has 1 fully saturated rings. The third-order valence-electron chi connectivity index (χ3n) is 5.02. The maximum absolute atomic E-state index is 12.4. The molecule has 0 aromatic rings. The van der Waals surface area contributed by atoms with E-state index in [9.17, 15) is 9.90 Å². The van der Waals surface area contributed by atoms with Gasteiger partial charge in [-0.3, -0.25) is 4.79 Å². The van der Waals surface area contributed by atoms with Crippen molar-refractivity contribution in [3.63, 3.8) is 0 Å². The summed E-state index contributed by atoms with van der Waals surface area (Å²) in [6, 6.07) is 0. The Morgan fingerprint density at radius 1 is 1.29 bits per heavy atom. The van der Waals surface area contributed by atoms with Gasteiger partial charge < -0.3 is 5.11 Å². The van der Waals surface area contributed by atoms with Crippen LogP contribution in [0.5, 0.6) is 0 Å². The summed E-state index contributed by atoms with van der Waals surface area (Å²) in [5.74, 6) is 0.518. The van der Waals surface area contributed by atoms with Crippen molar-refractivity contribution in [1.29, 1.82) is 0 Å². The van der Waals surface area contributed by atoms with Crippen molar-refractivity contribution in [2.24, 2.45) is 16.7 Å². The monoisotopic (exact) mass is 236 g/mol. The number of aliphatic hydroxyl groups excluding tert-OH is 1. The molecule has 1 N–H and O–H groups in total. The molecule has 2 heteroatoms. The van der Waals surface area contributed by atoms with Gasteiger partial charge in [-0.05, 0) is 36.7 Å². The van der Waals surface area contributed by atoms with Gasteiger partial charge in [0.1, 0.15) is 5.78 Å². The van der Waals surface area contributed by atoms with Gasteiger partial charge in [0.2, 0.25) is 0 Å². The van der Waals surface area contributed by atoms with Crippen LogP contribution in [0.2, 0.25) is 0 Å². The van der Waals surface area contributed by atoms with Crippen LogP contribution in [0.4, 0.5) is 0 Å². The molecular formula is C15H24O2. The molecule has 2 aliphatic rings. The van der Waals surface area contributed by atoms with Crippen LogP contribution >= 0.6 is 0 Å². The Morgan fingerprint density at radius 2 is 1.94 bits per heavy atom. The lowest BCUT2D eigenvalue weighted by molar-refractivity contribution is -0.136. The minimum atomic E-state index is -0.569. The van der Waals surface area contributed by atoms with E-state index >= 15 is 0 Å². The average Bonchev–Trinajstić information content (AvgIpc) is 2.29. The molecule has 0 amide bonds. The van der Waals surface area contributed by atoms with Crippen LogP contribution in [-0.4, -0.2) is 17.0 Å². The summed E-state index contributed by atoms with van der Waals surface area (Å²) >= 11 is 0. The van der Waals surface area contributed by atoms with Gasteiger partial charge in [-0.15, -0.1) is 0 Å². The molecule has 0 aromatic carbocycles. The fourth-order valence-electron chi connectivity index (χ4n) is 3.75. The maximum atomic E-state index is 12.4. The maximum Gasteiger partial charge on any atom is 0.142 e. The van der Waals surface area contributed by atoms with E-state index in [1.807, 2.05) is 6.92 Å². The molecule has 17 heavy (non-hydrogen) atoms. The molecular weight excluding hydrogens is 212 g/mol. The van der Waals surface area contributed by atoms with E-state index in [0.29, 0.717) is 6.42 Å². The molecule has 0 heterocycles. The minimum absolute atomic E-state index is 0.161. The average molecular weight is 236 g/mol. The van der Waals surface area contributed by atoms with Crippen molar-refractivity contribution in [3.8, 4) is 0 Å². The lowest BCUT2D eigenvalue weighted by Gasteiger charge is -2.48. The number of hydrogen-bond donors (Lipinski definition) is 1.